The van der Waals surface area contributed by atoms with Crippen molar-refractivity contribution in [1.82, 2.24) is 20.6 Å². The van der Waals surface area contributed by atoms with Crippen LogP contribution in [0, 0.1) is 0 Å². The Hall–Kier alpha value is -3.14. The van der Waals surface area contributed by atoms with Gasteiger partial charge >= 0.3 is 0 Å². The molecular formula is C25H27N5O3S. The summed E-state index contributed by atoms with van der Waals surface area (Å²) in [7, 11) is 0. The molecule has 1 aromatic carbocycles. The normalized spacial score (nSPS) is 23.7. The molecule has 0 radical (unpaired) electrons. The van der Waals surface area contributed by atoms with E-state index in [9.17, 15) is 9.90 Å². The Morgan fingerprint density at radius 2 is 1.97 bits per heavy atom. The molecule has 2 aromatic heterocycles. The highest BCUT2D eigenvalue weighted by molar-refractivity contribution is 8.17. The second-order valence-electron chi connectivity index (χ2n) is 8.53. The number of aromatic nitrogens is 2. The molecule has 1 saturated heterocycles. The second kappa shape index (κ2) is 10.4. The number of nitrogens with one attached hydrogen (secondary N) is 3. The first-order valence-electron chi connectivity index (χ1n) is 11.5. The maximum absolute atomic E-state index is 11.4. The van der Waals surface area contributed by atoms with Crippen molar-refractivity contribution in [2.45, 2.75) is 50.5 Å². The lowest BCUT2D eigenvalue weighted by Crippen LogP contribution is -2.37. The van der Waals surface area contributed by atoms with E-state index in [1.807, 2.05) is 6.07 Å². The van der Waals surface area contributed by atoms with Crippen LogP contribution < -0.4 is 16.0 Å². The summed E-state index contributed by atoms with van der Waals surface area (Å²) < 4.78 is 5.26. The zero-order chi connectivity index (χ0) is 23.3. The van der Waals surface area contributed by atoms with Gasteiger partial charge in [-0.05, 0) is 66.8 Å². The van der Waals surface area contributed by atoms with Crippen LogP contribution in [0.15, 0.2) is 64.4 Å². The Morgan fingerprint density at radius 1 is 1.15 bits per heavy atom. The van der Waals surface area contributed by atoms with E-state index in [4.69, 9.17) is 4.42 Å². The summed E-state index contributed by atoms with van der Waals surface area (Å²) in [4.78, 5) is 20.8. The van der Waals surface area contributed by atoms with Crippen molar-refractivity contribution in [2.24, 2.45) is 0 Å². The number of carbonyl (C=O) groups excluding carboxylic acids is 1. The van der Waals surface area contributed by atoms with Crippen LogP contribution >= 0.6 is 11.8 Å². The topological polar surface area (TPSA) is 112 Å². The SMILES string of the molecule is O=C1NC(O)/C(=C/c2ccnc(NC3CCC(NCc4ccccc4-c4ccoc4)CC3)n2)S1. The van der Waals surface area contributed by atoms with Crippen molar-refractivity contribution in [3.05, 3.63) is 71.3 Å². The van der Waals surface area contributed by atoms with E-state index in [-0.39, 0.29) is 5.24 Å². The minimum Gasteiger partial charge on any atom is -0.472 e. The average molecular weight is 478 g/mol. The number of furan rings is 1. The van der Waals surface area contributed by atoms with Crippen LogP contribution in [0.4, 0.5) is 10.7 Å². The third-order valence-corrected chi connectivity index (χ3v) is 7.07. The molecule has 1 aliphatic heterocycles. The van der Waals surface area contributed by atoms with Crippen molar-refractivity contribution in [3.8, 4) is 11.1 Å². The Morgan fingerprint density at radius 3 is 2.74 bits per heavy atom. The van der Waals surface area contributed by atoms with Crippen LogP contribution in [0.1, 0.15) is 36.9 Å². The number of carbonyl (C=O) groups is 1. The van der Waals surface area contributed by atoms with Gasteiger partial charge in [0.1, 0.15) is 0 Å². The van der Waals surface area contributed by atoms with Crippen molar-refractivity contribution in [1.29, 1.82) is 0 Å². The zero-order valence-corrected chi connectivity index (χ0v) is 19.4. The van der Waals surface area contributed by atoms with Gasteiger partial charge in [0.05, 0.1) is 18.2 Å². The summed E-state index contributed by atoms with van der Waals surface area (Å²) in [6.07, 6.45) is 10.1. The fourth-order valence-electron chi connectivity index (χ4n) is 4.40. The molecule has 1 saturated carbocycles. The fraction of sp³-hybridized carbons (Fsp3) is 0.320. The Kier molecular flexibility index (Phi) is 6.94. The largest absolute Gasteiger partial charge is 0.472 e. The van der Waals surface area contributed by atoms with Gasteiger partial charge in [0, 0.05) is 35.3 Å². The van der Waals surface area contributed by atoms with Crippen molar-refractivity contribution in [2.75, 3.05) is 5.32 Å². The second-order valence-corrected chi connectivity index (χ2v) is 9.58. The molecule has 34 heavy (non-hydrogen) atoms. The molecule has 3 aromatic rings. The molecule has 1 aliphatic carbocycles. The molecule has 1 atom stereocenters. The summed E-state index contributed by atoms with van der Waals surface area (Å²) in [6, 6.07) is 13.0. The number of aliphatic hydroxyl groups is 1. The van der Waals surface area contributed by atoms with Crippen LogP contribution in [0.2, 0.25) is 0 Å². The van der Waals surface area contributed by atoms with Crippen LogP contribution in [0.25, 0.3) is 17.2 Å². The quantitative estimate of drug-likeness (QED) is 0.397. The molecule has 1 unspecified atom stereocenters. The Balaban J connectivity index is 1.13. The van der Waals surface area contributed by atoms with Gasteiger partial charge in [0.2, 0.25) is 5.95 Å². The highest BCUT2D eigenvalue weighted by Crippen LogP contribution is 2.28. The monoisotopic (exact) mass is 477 g/mol. The van der Waals surface area contributed by atoms with E-state index in [0.29, 0.717) is 28.6 Å². The van der Waals surface area contributed by atoms with Gasteiger partial charge in [-0.25, -0.2) is 9.97 Å². The van der Waals surface area contributed by atoms with E-state index >= 15 is 0 Å². The molecule has 176 valence electrons. The molecule has 4 N–H and O–H groups in total. The predicted molar refractivity (Wildman–Crippen MR) is 133 cm³/mol. The summed E-state index contributed by atoms with van der Waals surface area (Å²) in [6.45, 7) is 0.825. The number of aliphatic hydroxyl groups excluding tert-OH is 1. The van der Waals surface area contributed by atoms with Crippen molar-refractivity contribution >= 4 is 29.0 Å². The number of thioether (sulfide) groups is 1. The smallest absolute Gasteiger partial charge is 0.285 e. The molecule has 0 bridgehead atoms. The lowest BCUT2D eigenvalue weighted by molar-refractivity contribution is 0.192. The van der Waals surface area contributed by atoms with Crippen LogP contribution in [-0.4, -0.2) is 38.6 Å². The maximum atomic E-state index is 11.4. The van der Waals surface area contributed by atoms with Gasteiger partial charge in [0.15, 0.2) is 6.23 Å². The summed E-state index contributed by atoms with van der Waals surface area (Å²) >= 11 is 0.982. The van der Waals surface area contributed by atoms with E-state index in [1.54, 1.807) is 30.9 Å². The highest BCUT2D eigenvalue weighted by Gasteiger charge is 2.26. The molecule has 2 aliphatic rings. The first kappa shape index (κ1) is 22.6. The third-order valence-electron chi connectivity index (χ3n) is 6.19. The van der Waals surface area contributed by atoms with Crippen molar-refractivity contribution in [3.63, 3.8) is 0 Å². The van der Waals surface area contributed by atoms with Gasteiger partial charge < -0.3 is 25.5 Å². The van der Waals surface area contributed by atoms with E-state index in [2.05, 4.69) is 50.2 Å². The van der Waals surface area contributed by atoms with E-state index in [0.717, 1.165) is 49.6 Å². The summed E-state index contributed by atoms with van der Waals surface area (Å²) in [5.74, 6) is 0.566. The van der Waals surface area contributed by atoms with Crippen LogP contribution in [0.3, 0.4) is 0 Å². The minimum atomic E-state index is -0.974. The fourth-order valence-corrected chi connectivity index (χ4v) is 5.14. The Bertz CT molecular complexity index is 1160. The average Bonchev–Trinajstić information content (AvgIpc) is 3.49. The van der Waals surface area contributed by atoms with Crippen LogP contribution in [0.5, 0.6) is 0 Å². The summed E-state index contributed by atoms with van der Waals surface area (Å²) in [5.41, 5.74) is 4.23. The summed E-state index contributed by atoms with van der Waals surface area (Å²) in [5, 5.41) is 19.2. The van der Waals surface area contributed by atoms with E-state index in [1.165, 1.54) is 11.1 Å². The molecule has 3 heterocycles. The van der Waals surface area contributed by atoms with Gasteiger partial charge in [-0.15, -0.1) is 0 Å². The number of benzene rings is 1. The number of anilines is 1. The van der Waals surface area contributed by atoms with Crippen LogP contribution in [-0.2, 0) is 6.54 Å². The molecule has 1 amide bonds. The number of hydrogen-bond donors (Lipinski definition) is 4. The third kappa shape index (κ3) is 5.49. The maximum Gasteiger partial charge on any atom is 0.285 e. The predicted octanol–water partition coefficient (Wildman–Crippen LogP) is 4.37. The molecule has 8 nitrogen and oxygen atoms in total. The number of nitrogens with zero attached hydrogens (tertiary/aromatic N) is 2. The van der Waals surface area contributed by atoms with Crippen molar-refractivity contribution < 1.29 is 14.3 Å². The van der Waals surface area contributed by atoms with Gasteiger partial charge in [-0.2, -0.15) is 0 Å². The first-order chi connectivity index (χ1) is 16.6. The van der Waals surface area contributed by atoms with E-state index < -0.39 is 6.23 Å². The van der Waals surface area contributed by atoms with Gasteiger partial charge in [-0.3, -0.25) is 4.79 Å². The standard InChI is InChI=1S/C25H27N5O3S/c31-23-22(34-25(32)30-23)13-20-9-11-26-24(29-20)28-19-7-5-18(6-8-19)27-14-16-3-1-2-4-21(16)17-10-12-33-15-17/h1-4,9-13,15,18-19,23,27,31H,5-8,14H2,(H,30,32)(H,26,28,29)/b22-13-. The Labute approximate surface area is 202 Å². The number of rotatable bonds is 7. The zero-order valence-electron chi connectivity index (χ0n) is 18.6. The van der Waals surface area contributed by atoms with Gasteiger partial charge in [0.25, 0.3) is 5.24 Å². The molecule has 2 fully saturated rings. The molecule has 5 rings (SSSR count). The lowest BCUT2D eigenvalue weighted by Gasteiger charge is -2.30. The minimum absolute atomic E-state index is 0.263. The number of hydrogen-bond acceptors (Lipinski definition) is 8. The molecule has 9 heteroatoms. The highest BCUT2D eigenvalue weighted by atomic mass is 32.2. The molecular weight excluding hydrogens is 450 g/mol. The first-order valence-corrected chi connectivity index (χ1v) is 12.3. The number of amides is 1. The molecule has 0 spiro atoms. The van der Waals surface area contributed by atoms with Gasteiger partial charge in [-0.1, -0.05) is 24.3 Å². The lowest BCUT2D eigenvalue weighted by atomic mass is 9.91.